The minimum absolute atomic E-state index is 0.279. The van der Waals surface area contributed by atoms with E-state index >= 15 is 17.6 Å². The number of halogens is 8. The number of methoxy groups -OCH3 is 2. The molecule has 0 aromatic carbocycles. The lowest BCUT2D eigenvalue weighted by molar-refractivity contribution is -0.404. The van der Waals surface area contributed by atoms with Crippen molar-refractivity contribution in [1.29, 1.82) is 0 Å². The molecule has 0 spiro atoms. The SMILES string of the molecule is COc1sc([Si](C)(C)C)cc1C1C(c2cc([Si](C)(C)C)sc2OC)C(F)(F)C(F)(F)C(F)(F)C1(F)F. The molecular formula is C22H28F8O2S2Si2. The minimum atomic E-state index is -6.33. The summed E-state index contributed by atoms with van der Waals surface area (Å²) in [6, 6.07) is 2.30. The third kappa shape index (κ3) is 4.13. The van der Waals surface area contributed by atoms with Crippen LogP contribution in [0.2, 0.25) is 39.3 Å². The molecule has 1 fully saturated rings. The first-order valence-electron chi connectivity index (χ1n) is 10.9. The Bertz CT molecular complexity index is 1040. The van der Waals surface area contributed by atoms with Gasteiger partial charge in [0.2, 0.25) is 0 Å². The van der Waals surface area contributed by atoms with Crippen molar-refractivity contribution in [3.05, 3.63) is 23.3 Å². The second kappa shape index (κ2) is 8.70. The zero-order valence-corrected chi connectivity index (χ0v) is 24.6. The third-order valence-electron chi connectivity index (χ3n) is 6.32. The molecule has 36 heavy (non-hydrogen) atoms. The van der Waals surface area contributed by atoms with Gasteiger partial charge in [-0.25, -0.2) is 0 Å². The number of alkyl halides is 8. The first kappa shape index (κ1) is 29.4. The Labute approximate surface area is 214 Å². The van der Waals surface area contributed by atoms with Gasteiger partial charge in [-0.3, -0.25) is 0 Å². The molecule has 0 bridgehead atoms. The third-order valence-corrected chi connectivity index (χ3v) is 15.7. The van der Waals surface area contributed by atoms with E-state index in [1.54, 1.807) is 0 Å². The van der Waals surface area contributed by atoms with Crippen LogP contribution in [0.25, 0.3) is 0 Å². The van der Waals surface area contributed by atoms with Gasteiger partial charge in [0.05, 0.1) is 42.2 Å². The van der Waals surface area contributed by atoms with Gasteiger partial charge >= 0.3 is 23.7 Å². The zero-order chi connectivity index (χ0) is 27.9. The first-order valence-corrected chi connectivity index (χ1v) is 19.6. The van der Waals surface area contributed by atoms with Crippen LogP contribution in [-0.4, -0.2) is 54.1 Å². The van der Waals surface area contributed by atoms with Crippen molar-refractivity contribution in [2.75, 3.05) is 14.2 Å². The van der Waals surface area contributed by atoms with Gasteiger partial charge in [0, 0.05) is 11.1 Å². The van der Waals surface area contributed by atoms with Crippen LogP contribution in [-0.2, 0) is 0 Å². The molecule has 2 unspecified atom stereocenters. The monoisotopic (exact) mass is 596 g/mol. The van der Waals surface area contributed by atoms with Gasteiger partial charge in [0.1, 0.15) is 0 Å². The molecule has 2 atom stereocenters. The Morgan fingerprint density at radius 2 is 0.889 bits per heavy atom. The molecular weight excluding hydrogens is 569 g/mol. The van der Waals surface area contributed by atoms with Crippen LogP contribution in [0.1, 0.15) is 23.0 Å². The summed E-state index contributed by atoms with van der Waals surface area (Å²) in [5, 5.41) is -0.558. The van der Waals surface area contributed by atoms with Crippen molar-refractivity contribution in [3.8, 4) is 10.1 Å². The van der Waals surface area contributed by atoms with Gasteiger partial charge in [0.15, 0.2) is 10.1 Å². The van der Waals surface area contributed by atoms with Crippen LogP contribution in [0, 0.1) is 0 Å². The number of rotatable bonds is 6. The Balaban J connectivity index is 2.46. The smallest absolute Gasteiger partial charge is 0.378 e. The van der Waals surface area contributed by atoms with Gasteiger partial charge in [-0.1, -0.05) is 39.3 Å². The molecule has 2 aromatic rings. The molecule has 0 N–H and O–H groups in total. The molecule has 2 nitrogen and oxygen atoms in total. The Morgan fingerprint density at radius 1 is 0.611 bits per heavy atom. The zero-order valence-electron chi connectivity index (χ0n) is 21.0. The van der Waals surface area contributed by atoms with E-state index in [9.17, 15) is 17.6 Å². The van der Waals surface area contributed by atoms with Gasteiger partial charge in [-0.05, 0) is 21.1 Å². The summed E-state index contributed by atoms with van der Waals surface area (Å²) in [6.07, 6.45) is 0. The highest BCUT2D eigenvalue weighted by Gasteiger charge is 2.89. The highest BCUT2D eigenvalue weighted by Crippen LogP contribution is 2.70. The quantitative estimate of drug-likeness (QED) is 0.257. The molecule has 3 rings (SSSR count). The maximum absolute atomic E-state index is 15.6. The summed E-state index contributed by atoms with van der Waals surface area (Å²) in [4.78, 5) is 0. The van der Waals surface area contributed by atoms with E-state index in [0.717, 1.165) is 49.0 Å². The van der Waals surface area contributed by atoms with E-state index in [1.165, 1.54) is 0 Å². The molecule has 2 heterocycles. The summed E-state index contributed by atoms with van der Waals surface area (Å²) < 4.78 is 132. The van der Waals surface area contributed by atoms with Gasteiger partial charge in [-0.15, -0.1) is 22.7 Å². The Hall–Kier alpha value is -1.13. The maximum atomic E-state index is 15.6. The van der Waals surface area contributed by atoms with E-state index in [0.29, 0.717) is 9.00 Å². The lowest BCUT2D eigenvalue weighted by Crippen LogP contribution is -2.71. The van der Waals surface area contributed by atoms with Gasteiger partial charge in [0.25, 0.3) is 0 Å². The van der Waals surface area contributed by atoms with Crippen molar-refractivity contribution >= 4 is 47.8 Å². The van der Waals surface area contributed by atoms with Crippen molar-refractivity contribution in [2.45, 2.75) is 74.8 Å². The second-order valence-electron chi connectivity index (χ2n) is 11.0. The second-order valence-corrected chi connectivity index (χ2v) is 23.8. The van der Waals surface area contributed by atoms with E-state index in [1.807, 2.05) is 39.3 Å². The highest BCUT2D eigenvalue weighted by molar-refractivity contribution is 7.28. The number of hydrogen-bond donors (Lipinski definition) is 0. The standard InChI is InChI=1S/C22H28F8O2S2Si2/c1-31-17-11(9-13(33-17)35(3,4)5)15-16(12-10-14(36(6,7)8)34-18(12)32-2)20(25,26)22(29,30)21(27,28)19(15,23)24/h9-10,15-16H,1-8H3. The van der Waals surface area contributed by atoms with Crippen LogP contribution in [0.15, 0.2) is 12.1 Å². The molecule has 0 aliphatic heterocycles. The summed E-state index contributed by atoms with van der Waals surface area (Å²) in [6.45, 7) is 11.1. The number of hydrogen-bond acceptors (Lipinski definition) is 4. The number of thiophene rings is 2. The molecule has 0 saturated heterocycles. The fraction of sp³-hybridized carbons (Fsp3) is 0.636. The van der Waals surface area contributed by atoms with E-state index in [-0.39, 0.29) is 10.1 Å². The van der Waals surface area contributed by atoms with Crippen LogP contribution in [0.3, 0.4) is 0 Å². The summed E-state index contributed by atoms with van der Waals surface area (Å²) in [5.74, 6) is -29.8. The van der Waals surface area contributed by atoms with Crippen molar-refractivity contribution in [3.63, 3.8) is 0 Å². The Kier molecular flexibility index (Phi) is 7.11. The predicted octanol–water partition coefficient (Wildman–Crippen LogP) is 7.34. The molecule has 1 aliphatic carbocycles. The minimum Gasteiger partial charge on any atom is -0.487 e. The average molecular weight is 597 g/mol. The van der Waals surface area contributed by atoms with Crippen LogP contribution < -0.4 is 18.5 Å². The normalized spacial score (nSPS) is 25.0. The Morgan fingerprint density at radius 3 is 1.11 bits per heavy atom. The molecule has 0 radical (unpaired) electrons. The van der Waals surface area contributed by atoms with Crippen LogP contribution in [0.5, 0.6) is 10.1 Å². The van der Waals surface area contributed by atoms with Crippen molar-refractivity contribution in [2.24, 2.45) is 0 Å². The largest absolute Gasteiger partial charge is 0.487 e. The summed E-state index contributed by atoms with van der Waals surface area (Å²) in [7, 11) is -2.32. The van der Waals surface area contributed by atoms with Crippen LogP contribution in [0.4, 0.5) is 35.1 Å². The molecule has 204 valence electrons. The topological polar surface area (TPSA) is 18.5 Å². The van der Waals surface area contributed by atoms with Gasteiger partial charge < -0.3 is 9.47 Å². The molecule has 2 aromatic heterocycles. The lowest BCUT2D eigenvalue weighted by Gasteiger charge is -2.50. The average Bonchev–Trinajstić information content (AvgIpc) is 3.34. The molecule has 1 aliphatic rings. The van der Waals surface area contributed by atoms with Crippen LogP contribution >= 0.6 is 22.7 Å². The van der Waals surface area contributed by atoms with Gasteiger partial charge in [-0.2, -0.15) is 35.1 Å². The molecule has 0 amide bonds. The maximum Gasteiger partial charge on any atom is 0.378 e. The summed E-state index contributed by atoms with van der Waals surface area (Å²) in [5.41, 5.74) is -1.26. The fourth-order valence-electron chi connectivity index (χ4n) is 4.25. The predicted molar refractivity (Wildman–Crippen MR) is 133 cm³/mol. The highest BCUT2D eigenvalue weighted by atomic mass is 32.1. The van der Waals surface area contributed by atoms with Crippen molar-refractivity contribution < 1.29 is 44.6 Å². The summed E-state index contributed by atoms with van der Waals surface area (Å²) >= 11 is 1.77. The first-order chi connectivity index (χ1) is 16.1. The lowest BCUT2D eigenvalue weighted by atomic mass is 9.65. The van der Waals surface area contributed by atoms with E-state index in [2.05, 4.69) is 0 Å². The van der Waals surface area contributed by atoms with E-state index < -0.39 is 62.8 Å². The molecule has 14 heteroatoms. The van der Waals surface area contributed by atoms with E-state index in [4.69, 9.17) is 9.47 Å². The fourth-order valence-corrected chi connectivity index (χ4v) is 9.97. The van der Waals surface area contributed by atoms with Crippen molar-refractivity contribution in [1.82, 2.24) is 0 Å². The number of ether oxygens (including phenoxy) is 2. The molecule has 1 saturated carbocycles.